The molecule has 1 saturated carbocycles. The number of hydrogen-bond donors (Lipinski definition) is 1. The summed E-state index contributed by atoms with van der Waals surface area (Å²) >= 11 is 6.35. The van der Waals surface area contributed by atoms with E-state index in [2.05, 4.69) is 32.2 Å². The van der Waals surface area contributed by atoms with Crippen LogP contribution in [0.25, 0.3) is 39.4 Å². The lowest BCUT2D eigenvalue weighted by Gasteiger charge is -2.27. The molecule has 0 atom stereocenters. The van der Waals surface area contributed by atoms with Crippen molar-refractivity contribution >= 4 is 28.2 Å². The van der Waals surface area contributed by atoms with Gasteiger partial charge in [-0.2, -0.15) is 0 Å². The number of hydrogen-bond acceptors (Lipinski definition) is 6. The smallest absolute Gasteiger partial charge is 0.322 e. The highest BCUT2D eigenvalue weighted by molar-refractivity contribution is 6.30. The fraction of sp³-hybridized carbons (Fsp3) is 0.233. The lowest BCUT2D eigenvalue weighted by atomic mass is 9.82. The molecule has 39 heavy (non-hydrogen) atoms. The number of halogens is 1. The maximum Gasteiger partial charge on any atom is 0.439 e. The third-order valence-corrected chi connectivity index (χ3v) is 7.51. The molecule has 5 aromatic rings. The van der Waals surface area contributed by atoms with Gasteiger partial charge in [-0.3, -0.25) is 14.5 Å². The van der Waals surface area contributed by atoms with E-state index in [1.165, 1.54) is 0 Å². The summed E-state index contributed by atoms with van der Waals surface area (Å²) in [4.78, 5) is 28.6. The van der Waals surface area contributed by atoms with Gasteiger partial charge >= 0.3 is 5.76 Å². The number of aromatic amines is 1. The molecule has 1 aromatic carbocycles. The van der Waals surface area contributed by atoms with E-state index >= 15 is 0 Å². The molecule has 0 spiro atoms. The van der Waals surface area contributed by atoms with Crippen LogP contribution >= 0.6 is 11.6 Å². The molecule has 0 radical (unpaired) electrons. The van der Waals surface area contributed by atoms with Gasteiger partial charge in [0.15, 0.2) is 0 Å². The topological polar surface area (TPSA) is 102 Å². The van der Waals surface area contributed by atoms with Gasteiger partial charge in [0, 0.05) is 36.0 Å². The number of imidazole rings is 1. The van der Waals surface area contributed by atoms with Crippen molar-refractivity contribution in [2.45, 2.75) is 32.2 Å². The average molecular weight is 537 g/mol. The highest BCUT2D eigenvalue weighted by Crippen LogP contribution is 2.37. The Morgan fingerprint density at radius 3 is 2.64 bits per heavy atom. The number of fused-ring (bicyclic) bond motifs is 1. The fourth-order valence-electron chi connectivity index (χ4n) is 5.31. The summed E-state index contributed by atoms with van der Waals surface area (Å²) in [6.45, 7) is 5.17. The summed E-state index contributed by atoms with van der Waals surface area (Å²) in [7, 11) is 0. The number of terminal acetylenes is 1. The molecule has 9 heteroatoms. The van der Waals surface area contributed by atoms with Gasteiger partial charge in [-0.25, -0.2) is 14.8 Å². The van der Waals surface area contributed by atoms with E-state index in [0.29, 0.717) is 39.3 Å². The van der Waals surface area contributed by atoms with Crippen LogP contribution in [0, 0.1) is 24.2 Å². The first-order valence-electron chi connectivity index (χ1n) is 12.8. The molecule has 0 bridgehead atoms. The van der Waals surface area contributed by atoms with E-state index in [1.807, 2.05) is 36.4 Å². The average Bonchev–Trinajstić information content (AvgIpc) is 3.56. The lowest BCUT2D eigenvalue weighted by molar-refractivity contribution is 0.288. The van der Waals surface area contributed by atoms with Gasteiger partial charge in [-0.05, 0) is 49.3 Å². The summed E-state index contributed by atoms with van der Waals surface area (Å²) in [6, 6.07) is 13.6. The molecule has 1 N–H and O–H groups in total. The first-order chi connectivity index (χ1) is 19.0. The van der Waals surface area contributed by atoms with E-state index in [-0.39, 0.29) is 5.82 Å². The molecule has 4 heterocycles. The minimum Gasteiger partial charge on any atom is -0.322 e. The molecular weight excluding hydrogens is 512 g/mol. The van der Waals surface area contributed by atoms with Gasteiger partial charge in [0.25, 0.3) is 0 Å². The largest absolute Gasteiger partial charge is 0.439 e. The third-order valence-electron chi connectivity index (χ3n) is 7.30. The van der Waals surface area contributed by atoms with Gasteiger partial charge in [0.2, 0.25) is 5.82 Å². The van der Waals surface area contributed by atoms with Crippen molar-refractivity contribution in [3.8, 4) is 35.1 Å². The van der Waals surface area contributed by atoms with E-state index < -0.39 is 5.76 Å². The molecule has 0 amide bonds. The van der Waals surface area contributed by atoms with Gasteiger partial charge in [0.05, 0.1) is 21.7 Å². The molecule has 1 fully saturated rings. The highest BCUT2D eigenvalue weighted by Gasteiger charge is 2.26. The fourth-order valence-corrected chi connectivity index (χ4v) is 5.48. The molecule has 6 rings (SSSR count). The zero-order valence-electron chi connectivity index (χ0n) is 21.1. The van der Waals surface area contributed by atoms with E-state index in [1.54, 1.807) is 18.5 Å². The van der Waals surface area contributed by atoms with Crippen LogP contribution in [0.2, 0.25) is 5.02 Å². The van der Waals surface area contributed by atoms with Crippen molar-refractivity contribution in [3.63, 3.8) is 0 Å². The normalized spacial score (nSPS) is 17.2. The molecule has 194 valence electrons. The number of nitrogens with zero attached hydrogens (tertiary/aromatic N) is 5. The van der Waals surface area contributed by atoms with Gasteiger partial charge in [-0.1, -0.05) is 53.7 Å². The zero-order chi connectivity index (χ0) is 26.9. The molecule has 4 aromatic heterocycles. The molecular formula is C30H25ClN6O2. The van der Waals surface area contributed by atoms with Crippen molar-refractivity contribution in [2.24, 2.45) is 11.8 Å². The summed E-state index contributed by atoms with van der Waals surface area (Å²) < 4.78 is 6.96. The Bertz CT molecular complexity index is 1770. The minimum absolute atomic E-state index is 0.212. The predicted octanol–water partition coefficient (Wildman–Crippen LogP) is 5.99. The Balaban J connectivity index is 1.58. The highest BCUT2D eigenvalue weighted by atomic mass is 35.5. The Labute approximate surface area is 229 Å². The van der Waals surface area contributed by atoms with Crippen LogP contribution in [0.1, 0.15) is 37.1 Å². The Morgan fingerprint density at radius 1 is 1.15 bits per heavy atom. The van der Waals surface area contributed by atoms with Crippen molar-refractivity contribution < 1.29 is 4.52 Å². The van der Waals surface area contributed by atoms with Crippen LogP contribution in [0.4, 0.5) is 0 Å². The van der Waals surface area contributed by atoms with Gasteiger partial charge in [-0.15, -0.1) is 12.3 Å². The van der Waals surface area contributed by atoms with Crippen LogP contribution in [0.5, 0.6) is 0 Å². The SMILES string of the molecule is C#CC1CCC(Cn2c(C(=C)c3ccccc3)nc3cc(-c4noc(=O)[nH]4)nc(-c4cncc(Cl)c4)c32)CC1. The van der Waals surface area contributed by atoms with Crippen molar-refractivity contribution in [2.75, 3.05) is 0 Å². The van der Waals surface area contributed by atoms with Crippen LogP contribution in [0.3, 0.4) is 0 Å². The van der Waals surface area contributed by atoms with Crippen molar-refractivity contribution in [1.29, 1.82) is 0 Å². The zero-order valence-corrected chi connectivity index (χ0v) is 21.9. The molecule has 0 aliphatic heterocycles. The van der Waals surface area contributed by atoms with E-state index in [4.69, 9.17) is 32.5 Å². The van der Waals surface area contributed by atoms with Crippen LogP contribution in [-0.2, 0) is 6.54 Å². The Hall–Kier alpha value is -4.48. The number of benzene rings is 1. The summed E-state index contributed by atoms with van der Waals surface area (Å²) in [6.07, 6.45) is 13.1. The lowest BCUT2D eigenvalue weighted by Crippen LogP contribution is -2.19. The minimum atomic E-state index is -0.663. The molecule has 8 nitrogen and oxygen atoms in total. The molecule has 0 saturated heterocycles. The van der Waals surface area contributed by atoms with Crippen molar-refractivity contribution in [3.05, 3.63) is 88.4 Å². The van der Waals surface area contributed by atoms with Crippen LogP contribution in [-0.4, -0.2) is 29.7 Å². The Morgan fingerprint density at radius 2 is 1.95 bits per heavy atom. The van der Waals surface area contributed by atoms with Gasteiger partial charge < -0.3 is 4.57 Å². The third kappa shape index (κ3) is 4.89. The second-order valence-electron chi connectivity index (χ2n) is 9.83. The maximum atomic E-state index is 11.7. The summed E-state index contributed by atoms with van der Waals surface area (Å²) in [5.74, 6) is 3.98. The van der Waals surface area contributed by atoms with Crippen LogP contribution in [0.15, 0.2) is 70.8 Å². The molecule has 1 aliphatic carbocycles. The Kier molecular flexibility index (Phi) is 6.59. The number of H-pyrrole nitrogens is 1. The van der Waals surface area contributed by atoms with Crippen LogP contribution < -0.4 is 5.76 Å². The standard InChI is InChI=1S/C30H25ClN6O2/c1-3-19-9-11-20(12-10-19)17-37-27-24(34-29(37)18(2)21-7-5-4-6-8-21)14-25(28-35-30(38)39-36-28)33-26(27)22-13-23(31)16-32-15-22/h1,4-8,13-16,19-20H,2,9-12,17H2,(H,35,36,38). The van der Waals surface area contributed by atoms with Gasteiger partial charge in [0.1, 0.15) is 11.5 Å². The number of aromatic nitrogens is 6. The first-order valence-corrected chi connectivity index (χ1v) is 13.2. The monoisotopic (exact) mass is 536 g/mol. The molecule has 0 unspecified atom stereocenters. The van der Waals surface area contributed by atoms with E-state index in [0.717, 1.165) is 54.7 Å². The predicted molar refractivity (Wildman–Crippen MR) is 151 cm³/mol. The number of nitrogens with one attached hydrogen (secondary N) is 1. The second kappa shape index (κ2) is 10.4. The van der Waals surface area contributed by atoms with Crippen molar-refractivity contribution in [1.82, 2.24) is 29.7 Å². The second-order valence-corrected chi connectivity index (χ2v) is 10.3. The number of pyridine rings is 2. The first kappa shape index (κ1) is 24.8. The quantitative estimate of drug-likeness (QED) is 0.267. The maximum absolute atomic E-state index is 11.7. The molecule has 1 aliphatic rings. The summed E-state index contributed by atoms with van der Waals surface area (Å²) in [5.41, 5.74) is 5.05. The van der Waals surface area contributed by atoms with E-state index in [9.17, 15) is 4.79 Å². The summed E-state index contributed by atoms with van der Waals surface area (Å²) in [5, 5.41) is 4.33. The number of rotatable bonds is 6.